The molecule has 1 N–H and O–H groups in total. The molecule has 1 aliphatic heterocycles. The van der Waals surface area contributed by atoms with Crippen LogP contribution in [0.15, 0.2) is 59.5 Å². The summed E-state index contributed by atoms with van der Waals surface area (Å²) in [5, 5.41) is 2.84. The minimum atomic E-state index is -0.250. The molecule has 1 heterocycles. The fraction of sp³-hybridized carbons (Fsp3) is 0.292. The molecule has 1 fully saturated rings. The van der Waals surface area contributed by atoms with Gasteiger partial charge in [-0.2, -0.15) is 0 Å². The van der Waals surface area contributed by atoms with E-state index in [0.717, 1.165) is 4.90 Å². The van der Waals surface area contributed by atoms with Crippen LogP contribution < -0.4 is 19.7 Å². The van der Waals surface area contributed by atoms with Crippen molar-refractivity contribution in [2.75, 3.05) is 30.2 Å². The maximum Gasteiger partial charge on any atom is 0.238 e. The quantitative estimate of drug-likeness (QED) is 0.390. The number of carbonyl (C=O) groups is 3. The molecule has 2 aliphatic rings. The maximum absolute atomic E-state index is 12.7. The number of hydrogen-bond donors (Lipinski definition) is 1. The molecule has 0 saturated carbocycles. The number of allylic oxidation sites excluding steroid dienone is 2. The summed E-state index contributed by atoms with van der Waals surface area (Å²) in [5.74, 6) is 0.424. The molecule has 0 spiro atoms. The lowest BCUT2D eigenvalue weighted by molar-refractivity contribution is -0.122. The first-order valence-corrected chi connectivity index (χ1v) is 11.3. The Bertz CT molecular complexity index is 1040. The van der Waals surface area contributed by atoms with Gasteiger partial charge in [0.15, 0.2) is 0 Å². The topological polar surface area (TPSA) is 84.9 Å². The maximum atomic E-state index is 12.7. The number of methoxy groups -OCH3 is 2. The number of benzene rings is 2. The third kappa shape index (κ3) is 4.36. The van der Waals surface area contributed by atoms with Gasteiger partial charge in [0.05, 0.1) is 43.2 Å². The number of hydrogen-bond acceptors (Lipinski definition) is 6. The van der Waals surface area contributed by atoms with Crippen molar-refractivity contribution >= 4 is 40.9 Å². The van der Waals surface area contributed by atoms with E-state index >= 15 is 0 Å². The lowest BCUT2D eigenvalue weighted by atomic mass is 9.85. The van der Waals surface area contributed by atoms with Gasteiger partial charge in [-0.1, -0.05) is 12.2 Å². The Balaban J connectivity index is 1.36. The zero-order valence-corrected chi connectivity index (χ0v) is 18.7. The number of fused-ring (bicyclic) bond motifs is 1. The van der Waals surface area contributed by atoms with Crippen molar-refractivity contribution in [1.29, 1.82) is 0 Å². The van der Waals surface area contributed by atoms with E-state index < -0.39 is 0 Å². The zero-order valence-electron chi connectivity index (χ0n) is 17.9. The third-order valence-corrected chi connectivity index (χ3v) is 6.67. The summed E-state index contributed by atoms with van der Waals surface area (Å²) < 4.78 is 10.5. The average molecular weight is 453 g/mol. The van der Waals surface area contributed by atoms with E-state index in [1.807, 2.05) is 24.3 Å². The Hall–Kier alpha value is -3.26. The predicted molar refractivity (Wildman–Crippen MR) is 123 cm³/mol. The van der Waals surface area contributed by atoms with E-state index in [4.69, 9.17) is 9.47 Å². The first-order chi connectivity index (χ1) is 15.5. The zero-order chi connectivity index (χ0) is 22.7. The molecule has 4 rings (SSSR count). The standard InChI is InChI=1S/C24H24N2O5S/c1-30-16-9-12-20(21(13-16)31-2)25-22(27)14-32-17-10-7-15(8-11-17)26-23(28)18-5-3-4-6-19(18)24(26)29/h3-4,7-13,18-19H,5-6,14H2,1-2H3,(H,25,27). The molecule has 1 saturated heterocycles. The molecule has 0 aromatic heterocycles. The fourth-order valence-corrected chi connectivity index (χ4v) is 4.68. The van der Waals surface area contributed by atoms with Gasteiger partial charge in [-0.3, -0.25) is 19.3 Å². The molecule has 0 bridgehead atoms. The number of ether oxygens (including phenoxy) is 2. The number of nitrogens with zero attached hydrogens (tertiary/aromatic N) is 1. The monoisotopic (exact) mass is 452 g/mol. The van der Waals surface area contributed by atoms with Crippen molar-refractivity contribution in [1.82, 2.24) is 0 Å². The first kappa shape index (κ1) is 22.0. The lowest BCUT2D eigenvalue weighted by Crippen LogP contribution is -2.30. The van der Waals surface area contributed by atoms with E-state index in [2.05, 4.69) is 5.32 Å². The summed E-state index contributed by atoms with van der Waals surface area (Å²) in [6.45, 7) is 0. The Morgan fingerprint density at radius 1 is 1.00 bits per heavy atom. The molecule has 32 heavy (non-hydrogen) atoms. The summed E-state index contributed by atoms with van der Waals surface area (Å²) in [6.07, 6.45) is 5.19. The van der Waals surface area contributed by atoms with E-state index in [0.29, 0.717) is 35.7 Å². The van der Waals surface area contributed by atoms with Gasteiger partial charge in [0, 0.05) is 11.0 Å². The highest BCUT2D eigenvalue weighted by Crippen LogP contribution is 2.38. The predicted octanol–water partition coefficient (Wildman–Crippen LogP) is 3.89. The van der Waals surface area contributed by atoms with E-state index in [1.54, 1.807) is 37.4 Å². The van der Waals surface area contributed by atoms with Gasteiger partial charge in [0.25, 0.3) is 0 Å². The molecule has 2 unspecified atom stereocenters. The van der Waals surface area contributed by atoms with Crippen LogP contribution in [0.3, 0.4) is 0 Å². The Labute approximate surface area is 190 Å². The third-order valence-electron chi connectivity index (χ3n) is 5.66. The largest absolute Gasteiger partial charge is 0.497 e. The highest BCUT2D eigenvalue weighted by atomic mass is 32.2. The van der Waals surface area contributed by atoms with Gasteiger partial charge in [0.2, 0.25) is 17.7 Å². The molecule has 7 nitrogen and oxygen atoms in total. The van der Waals surface area contributed by atoms with Crippen LogP contribution in [-0.4, -0.2) is 37.7 Å². The molecule has 1 aliphatic carbocycles. The van der Waals surface area contributed by atoms with Crippen molar-refractivity contribution in [2.45, 2.75) is 17.7 Å². The van der Waals surface area contributed by atoms with Crippen LogP contribution in [-0.2, 0) is 14.4 Å². The summed E-state index contributed by atoms with van der Waals surface area (Å²) in [7, 11) is 3.09. The van der Waals surface area contributed by atoms with Gasteiger partial charge in [0.1, 0.15) is 11.5 Å². The number of amides is 3. The van der Waals surface area contributed by atoms with Crippen LogP contribution in [0.5, 0.6) is 11.5 Å². The Kier molecular flexibility index (Phi) is 6.50. The summed E-state index contributed by atoms with van der Waals surface area (Å²) in [5.41, 5.74) is 1.14. The highest BCUT2D eigenvalue weighted by Gasteiger charge is 2.47. The average Bonchev–Trinajstić information content (AvgIpc) is 3.08. The second-order valence-corrected chi connectivity index (χ2v) is 8.61. The number of thioether (sulfide) groups is 1. The van der Waals surface area contributed by atoms with Crippen LogP contribution in [0.2, 0.25) is 0 Å². The van der Waals surface area contributed by atoms with Gasteiger partial charge in [-0.25, -0.2) is 0 Å². The molecular weight excluding hydrogens is 428 g/mol. The molecule has 8 heteroatoms. The molecule has 2 aromatic carbocycles. The minimum Gasteiger partial charge on any atom is -0.497 e. The van der Waals surface area contributed by atoms with Crippen LogP contribution in [0, 0.1) is 11.8 Å². The van der Waals surface area contributed by atoms with E-state index in [-0.39, 0.29) is 35.3 Å². The molecule has 2 atom stereocenters. The second-order valence-electron chi connectivity index (χ2n) is 7.56. The van der Waals surface area contributed by atoms with Crippen molar-refractivity contribution in [3.63, 3.8) is 0 Å². The number of anilines is 2. The van der Waals surface area contributed by atoms with Crippen molar-refractivity contribution < 1.29 is 23.9 Å². The summed E-state index contributed by atoms with van der Waals surface area (Å²) in [6, 6.07) is 12.3. The number of rotatable bonds is 7. The number of nitrogens with one attached hydrogen (secondary N) is 1. The van der Waals surface area contributed by atoms with E-state index in [9.17, 15) is 14.4 Å². The number of carbonyl (C=O) groups excluding carboxylic acids is 3. The van der Waals surface area contributed by atoms with Crippen molar-refractivity contribution in [3.05, 3.63) is 54.6 Å². The molecule has 166 valence electrons. The molecule has 2 aromatic rings. The summed E-state index contributed by atoms with van der Waals surface area (Å²) in [4.78, 5) is 40.0. The van der Waals surface area contributed by atoms with E-state index in [1.165, 1.54) is 23.8 Å². The van der Waals surface area contributed by atoms with Gasteiger partial charge < -0.3 is 14.8 Å². The second kappa shape index (κ2) is 9.48. The smallest absolute Gasteiger partial charge is 0.238 e. The Morgan fingerprint density at radius 2 is 1.66 bits per heavy atom. The van der Waals surface area contributed by atoms with Crippen molar-refractivity contribution in [3.8, 4) is 11.5 Å². The lowest BCUT2D eigenvalue weighted by Gasteiger charge is -2.15. The minimum absolute atomic E-state index is 0.127. The number of imide groups is 1. The van der Waals surface area contributed by atoms with Gasteiger partial charge >= 0.3 is 0 Å². The van der Waals surface area contributed by atoms with Crippen LogP contribution in [0.4, 0.5) is 11.4 Å². The first-order valence-electron chi connectivity index (χ1n) is 10.3. The van der Waals surface area contributed by atoms with Crippen LogP contribution in [0.1, 0.15) is 12.8 Å². The fourth-order valence-electron chi connectivity index (χ4n) is 3.98. The van der Waals surface area contributed by atoms with Gasteiger partial charge in [-0.15, -0.1) is 11.8 Å². The SMILES string of the molecule is COc1ccc(NC(=O)CSc2ccc(N3C(=O)C4CC=CCC4C3=O)cc2)c(OC)c1. The Morgan fingerprint density at radius 3 is 2.25 bits per heavy atom. The van der Waals surface area contributed by atoms with Crippen molar-refractivity contribution in [2.24, 2.45) is 11.8 Å². The normalized spacial score (nSPS) is 19.6. The van der Waals surface area contributed by atoms with Crippen LogP contribution in [0.25, 0.3) is 0 Å². The van der Waals surface area contributed by atoms with Crippen LogP contribution >= 0.6 is 11.8 Å². The highest BCUT2D eigenvalue weighted by molar-refractivity contribution is 8.00. The summed E-state index contributed by atoms with van der Waals surface area (Å²) >= 11 is 1.37. The molecular formula is C24H24N2O5S. The molecule has 3 amide bonds. The molecule has 0 radical (unpaired) electrons. The van der Waals surface area contributed by atoms with Gasteiger partial charge in [-0.05, 0) is 49.2 Å².